The molecule has 132 valence electrons. The molecule has 1 aliphatic carbocycles. The van der Waals surface area contributed by atoms with E-state index in [1.165, 1.54) is 6.42 Å². The van der Waals surface area contributed by atoms with Crippen molar-refractivity contribution >= 4 is 22.7 Å². The van der Waals surface area contributed by atoms with Crippen LogP contribution in [0.2, 0.25) is 0 Å². The molecule has 2 heterocycles. The molecule has 0 unspecified atom stereocenters. The van der Waals surface area contributed by atoms with Gasteiger partial charge >= 0.3 is 5.97 Å². The second-order valence-electron chi connectivity index (χ2n) is 6.58. The number of hydrogen-bond donors (Lipinski definition) is 2. The van der Waals surface area contributed by atoms with Crippen LogP contribution in [-0.4, -0.2) is 28.6 Å². The van der Waals surface area contributed by atoms with Crippen molar-refractivity contribution in [3.8, 4) is 6.07 Å². The Labute approximate surface area is 147 Å². The maximum Gasteiger partial charge on any atom is 0.341 e. The van der Waals surface area contributed by atoms with Gasteiger partial charge in [0.1, 0.15) is 11.2 Å². The smallest absolute Gasteiger partial charge is 0.341 e. The molecule has 3 rings (SSSR count). The van der Waals surface area contributed by atoms with Crippen molar-refractivity contribution < 1.29 is 9.53 Å². The summed E-state index contributed by atoms with van der Waals surface area (Å²) < 4.78 is 5.19. The topological polar surface area (TPSA) is 90.8 Å². The van der Waals surface area contributed by atoms with Gasteiger partial charge in [-0.2, -0.15) is 5.26 Å². The number of hydrogen-bond acceptors (Lipinski definition) is 5. The summed E-state index contributed by atoms with van der Waals surface area (Å²) in [7, 11) is 0. The summed E-state index contributed by atoms with van der Waals surface area (Å²) in [5.74, 6) is 0.220. The summed E-state index contributed by atoms with van der Waals surface area (Å²) in [6, 6.07) is 4.48. The highest BCUT2D eigenvalue weighted by molar-refractivity contribution is 6.04. The zero-order chi connectivity index (χ0) is 17.6. The number of pyridine rings is 1. The highest BCUT2D eigenvalue weighted by Gasteiger charge is 2.25. The Kier molecular flexibility index (Phi) is 5.54. The van der Waals surface area contributed by atoms with Crippen LogP contribution < -0.4 is 5.32 Å². The zero-order valence-corrected chi connectivity index (χ0v) is 14.5. The molecular formula is C19H24N4O2. The van der Waals surface area contributed by atoms with E-state index in [2.05, 4.69) is 21.4 Å². The maximum atomic E-state index is 12.3. The van der Waals surface area contributed by atoms with E-state index in [-0.39, 0.29) is 5.97 Å². The predicted octanol–water partition coefficient (Wildman–Crippen LogP) is 4.01. The summed E-state index contributed by atoms with van der Waals surface area (Å²) >= 11 is 0. The lowest BCUT2D eigenvalue weighted by atomic mass is 9.83. The molecule has 0 amide bonds. The van der Waals surface area contributed by atoms with Crippen molar-refractivity contribution in [2.75, 3.05) is 11.9 Å². The van der Waals surface area contributed by atoms with Crippen LogP contribution >= 0.6 is 0 Å². The van der Waals surface area contributed by atoms with E-state index in [9.17, 15) is 4.79 Å². The second kappa shape index (κ2) is 8.02. The maximum absolute atomic E-state index is 12.3. The number of carbonyl (C=O) groups excluding carboxylic acids is 1. The van der Waals surface area contributed by atoms with Gasteiger partial charge in [-0.15, -0.1) is 0 Å². The number of ether oxygens (including phenoxy) is 1. The van der Waals surface area contributed by atoms with Crippen molar-refractivity contribution in [3.05, 3.63) is 24.0 Å². The lowest BCUT2D eigenvalue weighted by molar-refractivity contribution is 0.0527. The van der Waals surface area contributed by atoms with Crippen LogP contribution in [0.5, 0.6) is 0 Å². The normalized spacial score (nSPS) is 20.2. The van der Waals surface area contributed by atoms with Crippen LogP contribution in [0.1, 0.15) is 55.8 Å². The van der Waals surface area contributed by atoms with Crippen LogP contribution in [0.3, 0.4) is 0 Å². The number of nitrogens with zero attached hydrogens (tertiary/aromatic N) is 2. The van der Waals surface area contributed by atoms with Gasteiger partial charge in [-0.3, -0.25) is 0 Å². The Hall–Kier alpha value is -2.55. The van der Waals surface area contributed by atoms with Gasteiger partial charge in [0.2, 0.25) is 0 Å². The number of aromatic nitrogens is 2. The third-order valence-corrected chi connectivity index (χ3v) is 4.88. The van der Waals surface area contributed by atoms with Crippen molar-refractivity contribution in [2.24, 2.45) is 5.92 Å². The Morgan fingerprint density at radius 1 is 1.52 bits per heavy atom. The Morgan fingerprint density at radius 2 is 2.40 bits per heavy atom. The zero-order valence-electron chi connectivity index (χ0n) is 14.5. The van der Waals surface area contributed by atoms with Crippen LogP contribution in [0.25, 0.3) is 11.0 Å². The van der Waals surface area contributed by atoms with Gasteiger partial charge in [-0.25, -0.2) is 9.78 Å². The van der Waals surface area contributed by atoms with E-state index in [4.69, 9.17) is 10.00 Å². The number of anilines is 1. The molecule has 1 saturated carbocycles. The van der Waals surface area contributed by atoms with Crippen molar-refractivity contribution in [1.29, 1.82) is 5.26 Å². The fourth-order valence-electron chi connectivity index (χ4n) is 3.68. The molecule has 2 aromatic rings. The van der Waals surface area contributed by atoms with Crippen molar-refractivity contribution in [2.45, 2.75) is 51.5 Å². The molecule has 0 radical (unpaired) electrons. The lowest BCUT2D eigenvalue weighted by Crippen LogP contribution is -2.28. The number of carbonyl (C=O) groups is 1. The van der Waals surface area contributed by atoms with Crippen molar-refractivity contribution in [3.63, 3.8) is 0 Å². The average molecular weight is 340 g/mol. The lowest BCUT2D eigenvalue weighted by Gasteiger charge is -2.30. The third-order valence-electron chi connectivity index (χ3n) is 4.88. The minimum atomic E-state index is -0.350. The molecule has 1 aliphatic rings. The Morgan fingerprint density at radius 3 is 3.20 bits per heavy atom. The Bertz CT molecular complexity index is 777. The number of esters is 1. The molecule has 0 aromatic carbocycles. The van der Waals surface area contributed by atoms with E-state index < -0.39 is 0 Å². The monoisotopic (exact) mass is 340 g/mol. The first kappa shape index (κ1) is 17.3. The molecule has 0 aliphatic heterocycles. The van der Waals surface area contributed by atoms with Crippen molar-refractivity contribution in [1.82, 2.24) is 9.97 Å². The second-order valence-corrected chi connectivity index (χ2v) is 6.58. The summed E-state index contributed by atoms with van der Waals surface area (Å²) in [5.41, 5.74) is 2.04. The summed E-state index contributed by atoms with van der Waals surface area (Å²) in [5, 5.41) is 13.3. The molecule has 2 atom stereocenters. The number of fused-ring (bicyclic) bond motifs is 1. The van der Waals surface area contributed by atoms with Crippen LogP contribution in [0, 0.1) is 17.2 Å². The van der Waals surface area contributed by atoms with E-state index in [1.807, 2.05) is 12.3 Å². The molecule has 1 fully saturated rings. The van der Waals surface area contributed by atoms with E-state index in [0.29, 0.717) is 30.6 Å². The van der Waals surface area contributed by atoms with E-state index >= 15 is 0 Å². The molecular weight excluding hydrogens is 316 g/mol. The first-order chi connectivity index (χ1) is 12.2. The molecule has 6 nitrogen and oxygen atoms in total. The number of rotatable bonds is 6. The van der Waals surface area contributed by atoms with Crippen LogP contribution in [0.4, 0.5) is 5.69 Å². The first-order valence-electron chi connectivity index (χ1n) is 8.99. The van der Waals surface area contributed by atoms with Crippen LogP contribution in [0.15, 0.2) is 18.5 Å². The fraction of sp³-hybridized carbons (Fsp3) is 0.526. The minimum Gasteiger partial charge on any atom is -0.462 e. The fourth-order valence-corrected chi connectivity index (χ4v) is 3.68. The molecule has 2 aromatic heterocycles. The number of nitriles is 1. The van der Waals surface area contributed by atoms with E-state index in [0.717, 1.165) is 42.4 Å². The minimum absolute atomic E-state index is 0.297. The molecule has 2 N–H and O–H groups in total. The van der Waals surface area contributed by atoms with Gasteiger partial charge in [0.25, 0.3) is 0 Å². The average Bonchev–Trinajstić information content (AvgIpc) is 3.10. The molecule has 25 heavy (non-hydrogen) atoms. The van der Waals surface area contributed by atoms with Gasteiger partial charge in [0.15, 0.2) is 0 Å². The quantitative estimate of drug-likeness (QED) is 0.775. The SMILES string of the molecule is CCOC(=O)c1cnc2[nH]ccc2c1N[C@@H]1CCC[C@H](CCC#N)C1. The molecule has 6 heteroatoms. The standard InChI is InChI=1S/C19H24N4O2/c1-2-25-19(24)16-12-22-18-15(8-10-21-18)17(16)23-14-7-3-5-13(11-14)6-4-9-20/h8,10,12-14H,2-7,11H2,1H3,(H2,21,22,23)/t13-,14-/m1/s1. The van der Waals surface area contributed by atoms with Gasteiger partial charge < -0.3 is 15.0 Å². The largest absolute Gasteiger partial charge is 0.462 e. The summed E-state index contributed by atoms with van der Waals surface area (Å²) in [6.07, 6.45) is 9.39. The highest BCUT2D eigenvalue weighted by Crippen LogP contribution is 2.33. The van der Waals surface area contributed by atoms with E-state index in [1.54, 1.807) is 13.1 Å². The van der Waals surface area contributed by atoms with Gasteiger partial charge in [0.05, 0.1) is 18.4 Å². The van der Waals surface area contributed by atoms with Gasteiger partial charge in [-0.05, 0) is 38.2 Å². The number of nitrogens with one attached hydrogen (secondary N) is 2. The summed E-state index contributed by atoms with van der Waals surface area (Å²) in [4.78, 5) is 19.7. The third kappa shape index (κ3) is 3.93. The number of aromatic amines is 1. The molecule has 0 saturated heterocycles. The van der Waals surface area contributed by atoms with Gasteiger partial charge in [0, 0.05) is 30.2 Å². The summed E-state index contributed by atoms with van der Waals surface area (Å²) in [6.45, 7) is 2.14. The highest BCUT2D eigenvalue weighted by atomic mass is 16.5. The number of H-pyrrole nitrogens is 1. The molecule has 0 bridgehead atoms. The Balaban J connectivity index is 1.84. The predicted molar refractivity (Wildman–Crippen MR) is 96.3 cm³/mol. The molecule has 0 spiro atoms. The first-order valence-corrected chi connectivity index (χ1v) is 8.99. The van der Waals surface area contributed by atoms with Crippen LogP contribution in [-0.2, 0) is 4.74 Å². The van der Waals surface area contributed by atoms with Gasteiger partial charge in [-0.1, -0.05) is 12.8 Å².